The van der Waals surface area contributed by atoms with Gasteiger partial charge in [0, 0.05) is 19.0 Å². The molecule has 1 heterocycles. The van der Waals surface area contributed by atoms with Crippen molar-refractivity contribution in [2.75, 3.05) is 6.54 Å². The Labute approximate surface area is 96.6 Å². The summed E-state index contributed by atoms with van der Waals surface area (Å²) in [5, 5.41) is 9.14. The molecule has 1 saturated heterocycles. The van der Waals surface area contributed by atoms with Gasteiger partial charge in [-0.2, -0.15) is 0 Å². The van der Waals surface area contributed by atoms with Crippen LogP contribution in [0.4, 0.5) is 4.79 Å². The van der Waals surface area contributed by atoms with Crippen molar-refractivity contribution in [2.24, 2.45) is 11.3 Å². The van der Waals surface area contributed by atoms with Crippen LogP contribution >= 0.6 is 0 Å². The first-order valence-corrected chi connectivity index (χ1v) is 5.79. The van der Waals surface area contributed by atoms with Gasteiger partial charge in [0.25, 0.3) is 0 Å². The van der Waals surface area contributed by atoms with Crippen LogP contribution in [0.5, 0.6) is 0 Å². The normalized spacial score (nSPS) is 26.6. The molecule has 0 aromatic carbocycles. The van der Waals surface area contributed by atoms with Crippen LogP contribution in [0.3, 0.4) is 0 Å². The molecule has 1 aliphatic heterocycles. The number of hydrogen-bond acceptors (Lipinski definition) is 2. The number of carbonyl (C=O) groups is 2. The number of hydrogen-bond donors (Lipinski definition) is 1. The average molecular weight is 227 g/mol. The number of carbonyl (C=O) groups excluding carboxylic acids is 1. The Morgan fingerprint density at radius 2 is 2.12 bits per heavy atom. The van der Waals surface area contributed by atoms with Gasteiger partial charge in [0.15, 0.2) is 0 Å². The van der Waals surface area contributed by atoms with Crippen molar-refractivity contribution < 1.29 is 14.7 Å². The second kappa shape index (κ2) is 4.85. The predicted molar refractivity (Wildman–Crippen MR) is 61.4 cm³/mol. The molecule has 0 aromatic rings. The number of carboxylic acid groups (broad SMARTS) is 1. The molecule has 4 heteroatoms. The Morgan fingerprint density at radius 1 is 1.50 bits per heavy atom. The van der Waals surface area contributed by atoms with E-state index in [0.29, 0.717) is 18.9 Å². The van der Waals surface area contributed by atoms with Gasteiger partial charge >= 0.3 is 6.09 Å². The maximum absolute atomic E-state index is 11.1. The highest BCUT2D eigenvalue weighted by Gasteiger charge is 2.38. The van der Waals surface area contributed by atoms with E-state index in [1.165, 1.54) is 4.90 Å². The Kier molecular flexibility index (Phi) is 3.94. The minimum Gasteiger partial charge on any atom is -0.465 e. The molecule has 92 valence electrons. The fourth-order valence-corrected chi connectivity index (χ4v) is 2.44. The van der Waals surface area contributed by atoms with Crippen molar-refractivity contribution in [1.82, 2.24) is 4.90 Å². The zero-order valence-corrected chi connectivity index (χ0v) is 10.3. The lowest BCUT2D eigenvalue weighted by Crippen LogP contribution is -2.51. The number of amides is 1. The van der Waals surface area contributed by atoms with Gasteiger partial charge in [0.1, 0.15) is 6.29 Å². The minimum absolute atomic E-state index is 0.0173. The van der Waals surface area contributed by atoms with Crippen LogP contribution in [-0.2, 0) is 4.79 Å². The molecule has 1 amide bonds. The third kappa shape index (κ3) is 2.97. The summed E-state index contributed by atoms with van der Waals surface area (Å²) in [5.41, 5.74) is -0.0695. The van der Waals surface area contributed by atoms with Crippen molar-refractivity contribution in [2.45, 2.75) is 46.1 Å². The molecule has 1 fully saturated rings. The van der Waals surface area contributed by atoms with Gasteiger partial charge in [-0.25, -0.2) is 4.79 Å². The second-order valence-corrected chi connectivity index (χ2v) is 5.65. The molecule has 0 spiro atoms. The molecule has 0 bridgehead atoms. The maximum Gasteiger partial charge on any atom is 0.407 e. The van der Waals surface area contributed by atoms with Gasteiger partial charge in [-0.05, 0) is 24.2 Å². The number of likely N-dealkylation sites (tertiary alicyclic amines) is 1. The van der Waals surface area contributed by atoms with Crippen molar-refractivity contribution in [3.63, 3.8) is 0 Å². The lowest BCUT2D eigenvalue weighted by Gasteiger charge is -2.44. The number of nitrogens with zero attached hydrogens (tertiary/aromatic N) is 1. The average Bonchev–Trinajstić information content (AvgIpc) is 2.16. The van der Waals surface area contributed by atoms with E-state index in [9.17, 15) is 9.59 Å². The van der Waals surface area contributed by atoms with Crippen molar-refractivity contribution in [3.05, 3.63) is 0 Å². The monoisotopic (exact) mass is 227 g/mol. The van der Waals surface area contributed by atoms with Gasteiger partial charge < -0.3 is 14.8 Å². The molecule has 0 radical (unpaired) electrons. The summed E-state index contributed by atoms with van der Waals surface area (Å²) in [6.07, 6.45) is 2.26. The molecule has 2 unspecified atom stereocenters. The molecular formula is C12H21NO3. The van der Waals surface area contributed by atoms with Crippen LogP contribution in [0.15, 0.2) is 0 Å². The van der Waals surface area contributed by atoms with Gasteiger partial charge in [-0.1, -0.05) is 20.8 Å². The summed E-state index contributed by atoms with van der Waals surface area (Å²) in [7, 11) is 0. The molecule has 2 atom stereocenters. The molecule has 16 heavy (non-hydrogen) atoms. The summed E-state index contributed by atoms with van der Waals surface area (Å²) < 4.78 is 0. The molecule has 0 aromatic heterocycles. The van der Waals surface area contributed by atoms with E-state index in [4.69, 9.17) is 5.11 Å². The Balaban J connectivity index is 2.77. The first-order chi connectivity index (χ1) is 7.36. The molecule has 0 saturated carbocycles. The van der Waals surface area contributed by atoms with Crippen LogP contribution in [0, 0.1) is 11.3 Å². The molecule has 0 aliphatic carbocycles. The van der Waals surface area contributed by atoms with Crippen LogP contribution in [0.25, 0.3) is 0 Å². The summed E-state index contributed by atoms with van der Waals surface area (Å²) >= 11 is 0. The first kappa shape index (κ1) is 13.0. The topological polar surface area (TPSA) is 57.6 Å². The molecular weight excluding hydrogens is 206 g/mol. The van der Waals surface area contributed by atoms with Crippen LogP contribution in [0.1, 0.15) is 40.0 Å². The molecule has 1 rings (SSSR count). The van der Waals surface area contributed by atoms with Gasteiger partial charge in [0.2, 0.25) is 0 Å². The highest BCUT2D eigenvalue weighted by atomic mass is 16.4. The molecule has 1 aliphatic rings. The lowest BCUT2D eigenvalue weighted by molar-refractivity contribution is -0.109. The van der Waals surface area contributed by atoms with Crippen LogP contribution in [-0.4, -0.2) is 35.0 Å². The highest BCUT2D eigenvalue weighted by molar-refractivity contribution is 5.65. The van der Waals surface area contributed by atoms with E-state index in [1.807, 2.05) is 0 Å². The molecule has 4 nitrogen and oxygen atoms in total. The summed E-state index contributed by atoms with van der Waals surface area (Å²) in [6, 6.07) is 0.0173. The predicted octanol–water partition coefficient (Wildman–Crippen LogP) is 2.38. The first-order valence-electron chi connectivity index (χ1n) is 5.79. The molecule has 1 N–H and O–H groups in total. The van der Waals surface area contributed by atoms with Crippen molar-refractivity contribution in [3.8, 4) is 0 Å². The second-order valence-electron chi connectivity index (χ2n) is 5.65. The quantitative estimate of drug-likeness (QED) is 0.737. The lowest BCUT2D eigenvalue weighted by atomic mass is 9.76. The summed E-state index contributed by atoms with van der Waals surface area (Å²) in [5.74, 6) is 0.345. The number of aldehydes is 1. The highest BCUT2D eigenvalue weighted by Crippen LogP contribution is 2.35. The number of piperidine rings is 1. The van der Waals surface area contributed by atoms with E-state index in [1.54, 1.807) is 0 Å². The van der Waals surface area contributed by atoms with Gasteiger partial charge in [-0.3, -0.25) is 0 Å². The smallest absolute Gasteiger partial charge is 0.407 e. The Bertz CT molecular complexity index is 270. The zero-order valence-electron chi connectivity index (χ0n) is 10.3. The fraction of sp³-hybridized carbons (Fsp3) is 0.833. The van der Waals surface area contributed by atoms with Gasteiger partial charge in [-0.15, -0.1) is 0 Å². The Hall–Kier alpha value is -1.06. The maximum atomic E-state index is 11.1. The minimum atomic E-state index is -0.843. The summed E-state index contributed by atoms with van der Waals surface area (Å²) in [4.78, 5) is 23.2. The van der Waals surface area contributed by atoms with E-state index in [2.05, 4.69) is 20.8 Å². The third-order valence-corrected chi connectivity index (χ3v) is 3.39. The van der Waals surface area contributed by atoms with E-state index < -0.39 is 6.09 Å². The van der Waals surface area contributed by atoms with Crippen molar-refractivity contribution >= 4 is 12.4 Å². The standard InChI is InChI=1S/C12H21NO3/c1-12(2,3)10-8-9(5-7-14)4-6-13(10)11(15)16/h7,9-10H,4-6,8H2,1-3H3,(H,15,16). The van der Waals surface area contributed by atoms with Crippen molar-refractivity contribution in [1.29, 1.82) is 0 Å². The largest absolute Gasteiger partial charge is 0.465 e. The Morgan fingerprint density at radius 3 is 2.56 bits per heavy atom. The van der Waals surface area contributed by atoms with E-state index in [0.717, 1.165) is 19.1 Å². The SMILES string of the molecule is CC(C)(C)C1CC(CC=O)CCN1C(=O)O. The van der Waals surface area contributed by atoms with E-state index in [-0.39, 0.29) is 11.5 Å². The fourth-order valence-electron chi connectivity index (χ4n) is 2.44. The summed E-state index contributed by atoms with van der Waals surface area (Å²) in [6.45, 7) is 6.71. The van der Waals surface area contributed by atoms with E-state index >= 15 is 0 Å². The van der Waals surface area contributed by atoms with Gasteiger partial charge in [0.05, 0.1) is 0 Å². The van der Waals surface area contributed by atoms with Crippen LogP contribution in [0.2, 0.25) is 0 Å². The van der Waals surface area contributed by atoms with Crippen LogP contribution < -0.4 is 0 Å². The third-order valence-electron chi connectivity index (χ3n) is 3.39. The zero-order chi connectivity index (χ0) is 12.3. The number of rotatable bonds is 2.